The van der Waals surface area contributed by atoms with Gasteiger partial charge in [-0.1, -0.05) is 360 Å². The van der Waals surface area contributed by atoms with Crippen molar-refractivity contribution in [1.82, 2.24) is 0 Å². The first kappa shape index (κ1) is 76.1. The standard InChI is InChI=1S/C72H138O6/c1-4-7-10-13-16-19-22-24-26-28-30-31-32-33-34-35-36-37-38-39-40-41-42-44-45-47-50-53-56-59-62-65-71(74)77-68-69(67-76-70(73)64-61-58-55-52-49-21-18-15-12-9-6-3)78-72(75)66-63-60-57-54-51-48-46-43-29-27-25-23-20-17-14-11-8-5-2/h28,30,69H,4-27,29,31-68H2,1-3H3/b30-28-. The molecule has 0 rings (SSSR count). The van der Waals surface area contributed by atoms with Crippen LogP contribution < -0.4 is 0 Å². The van der Waals surface area contributed by atoms with Crippen LogP contribution in [0.4, 0.5) is 0 Å². The number of rotatable bonds is 67. The molecule has 0 aromatic carbocycles. The van der Waals surface area contributed by atoms with E-state index in [1.54, 1.807) is 0 Å². The van der Waals surface area contributed by atoms with Gasteiger partial charge in [0, 0.05) is 19.3 Å². The van der Waals surface area contributed by atoms with E-state index in [4.69, 9.17) is 14.2 Å². The van der Waals surface area contributed by atoms with Crippen molar-refractivity contribution in [3.05, 3.63) is 12.2 Å². The lowest BCUT2D eigenvalue weighted by molar-refractivity contribution is -0.167. The van der Waals surface area contributed by atoms with Crippen molar-refractivity contribution in [2.75, 3.05) is 13.2 Å². The molecular formula is C72H138O6. The summed E-state index contributed by atoms with van der Waals surface area (Å²) in [6.45, 7) is 6.72. The van der Waals surface area contributed by atoms with E-state index in [2.05, 4.69) is 32.9 Å². The Hall–Kier alpha value is -1.85. The van der Waals surface area contributed by atoms with Gasteiger partial charge >= 0.3 is 17.9 Å². The van der Waals surface area contributed by atoms with Crippen LogP contribution in [0.15, 0.2) is 12.2 Å². The highest BCUT2D eigenvalue weighted by molar-refractivity contribution is 5.71. The quantitative estimate of drug-likeness (QED) is 0.0261. The number of unbranched alkanes of at least 4 members (excludes halogenated alkanes) is 54. The molecule has 0 amide bonds. The van der Waals surface area contributed by atoms with Gasteiger partial charge in [-0.3, -0.25) is 14.4 Å². The predicted molar refractivity (Wildman–Crippen MR) is 340 cm³/mol. The zero-order valence-electron chi connectivity index (χ0n) is 53.2. The Bertz CT molecular complexity index is 1210. The fourth-order valence-corrected chi connectivity index (χ4v) is 11.2. The summed E-state index contributed by atoms with van der Waals surface area (Å²) < 4.78 is 17.0. The maximum absolute atomic E-state index is 12.9. The van der Waals surface area contributed by atoms with Crippen LogP contribution in [0.3, 0.4) is 0 Å². The molecule has 1 atom stereocenters. The minimum Gasteiger partial charge on any atom is -0.462 e. The molecule has 462 valence electrons. The van der Waals surface area contributed by atoms with Gasteiger partial charge in [0.1, 0.15) is 13.2 Å². The number of esters is 3. The maximum Gasteiger partial charge on any atom is 0.306 e. The van der Waals surface area contributed by atoms with Crippen LogP contribution in [-0.4, -0.2) is 37.2 Å². The Kier molecular flexibility index (Phi) is 66.0. The molecule has 0 aliphatic carbocycles. The summed E-state index contributed by atoms with van der Waals surface area (Å²) in [4.78, 5) is 38.3. The van der Waals surface area contributed by atoms with Gasteiger partial charge in [0.15, 0.2) is 6.10 Å². The molecule has 6 nitrogen and oxygen atoms in total. The predicted octanol–water partition coefficient (Wildman–Crippen LogP) is 24.4. The van der Waals surface area contributed by atoms with Gasteiger partial charge in [-0.25, -0.2) is 0 Å². The van der Waals surface area contributed by atoms with Gasteiger partial charge in [-0.05, 0) is 44.9 Å². The number of ether oxygens (including phenoxy) is 3. The van der Waals surface area contributed by atoms with Crippen molar-refractivity contribution in [2.24, 2.45) is 0 Å². The number of carbonyl (C=O) groups is 3. The Morgan fingerprint density at radius 1 is 0.244 bits per heavy atom. The summed E-state index contributed by atoms with van der Waals surface area (Å²) in [5, 5.41) is 0. The van der Waals surface area contributed by atoms with E-state index < -0.39 is 6.10 Å². The number of carbonyl (C=O) groups excluding carboxylic acids is 3. The molecule has 0 aromatic heterocycles. The summed E-state index contributed by atoms with van der Waals surface area (Å²) in [5.74, 6) is -0.828. The normalized spacial score (nSPS) is 12.0. The third-order valence-electron chi connectivity index (χ3n) is 16.5. The van der Waals surface area contributed by atoms with E-state index >= 15 is 0 Å². The Morgan fingerprint density at radius 2 is 0.423 bits per heavy atom. The third kappa shape index (κ3) is 65.0. The zero-order valence-corrected chi connectivity index (χ0v) is 53.2. The fourth-order valence-electron chi connectivity index (χ4n) is 11.2. The average molecular weight is 1100 g/mol. The lowest BCUT2D eigenvalue weighted by Gasteiger charge is -2.18. The summed E-state index contributed by atoms with van der Waals surface area (Å²) in [5.41, 5.74) is 0. The molecule has 0 radical (unpaired) electrons. The van der Waals surface area contributed by atoms with Crippen molar-refractivity contribution in [1.29, 1.82) is 0 Å². The average Bonchev–Trinajstić information content (AvgIpc) is 3.44. The first-order chi connectivity index (χ1) is 38.5. The van der Waals surface area contributed by atoms with Gasteiger partial charge in [0.25, 0.3) is 0 Å². The minimum absolute atomic E-state index is 0.0620. The fraction of sp³-hybridized carbons (Fsp3) is 0.931. The SMILES string of the molecule is CCCCCCCCCC/C=C\CCCCCCCCCCCCCCCCCCCCCC(=O)OCC(COC(=O)CCCCCCCCCCCCC)OC(=O)CCCCCCCCCCCCCCCCCCCC. The van der Waals surface area contributed by atoms with Crippen molar-refractivity contribution in [3.8, 4) is 0 Å². The molecular weight excluding hydrogens is 961 g/mol. The maximum atomic E-state index is 12.9. The van der Waals surface area contributed by atoms with E-state index in [0.717, 1.165) is 57.8 Å². The molecule has 0 fully saturated rings. The lowest BCUT2D eigenvalue weighted by Crippen LogP contribution is -2.30. The van der Waals surface area contributed by atoms with Crippen LogP contribution in [0.25, 0.3) is 0 Å². The first-order valence-corrected chi connectivity index (χ1v) is 35.7. The van der Waals surface area contributed by atoms with Crippen LogP contribution >= 0.6 is 0 Å². The van der Waals surface area contributed by atoms with Crippen molar-refractivity contribution in [3.63, 3.8) is 0 Å². The van der Waals surface area contributed by atoms with Crippen LogP contribution in [0.5, 0.6) is 0 Å². The largest absolute Gasteiger partial charge is 0.462 e. The van der Waals surface area contributed by atoms with Crippen LogP contribution in [0, 0.1) is 0 Å². The molecule has 0 saturated heterocycles. The number of allylic oxidation sites excluding steroid dienone is 2. The number of hydrogen-bond acceptors (Lipinski definition) is 6. The van der Waals surface area contributed by atoms with Crippen molar-refractivity contribution < 1.29 is 28.6 Å². The Balaban J connectivity index is 4.08. The Morgan fingerprint density at radius 3 is 0.641 bits per heavy atom. The highest BCUT2D eigenvalue weighted by atomic mass is 16.6. The second kappa shape index (κ2) is 67.7. The molecule has 0 aliphatic rings. The lowest BCUT2D eigenvalue weighted by atomic mass is 10.0. The molecule has 6 heteroatoms. The topological polar surface area (TPSA) is 78.9 Å². The van der Waals surface area contributed by atoms with Crippen LogP contribution in [0.2, 0.25) is 0 Å². The van der Waals surface area contributed by atoms with Gasteiger partial charge in [0.05, 0.1) is 0 Å². The summed E-state index contributed by atoms with van der Waals surface area (Å²) in [6.07, 6.45) is 81.2. The minimum atomic E-state index is -0.764. The molecule has 0 saturated carbocycles. The molecule has 1 unspecified atom stereocenters. The molecule has 0 N–H and O–H groups in total. The first-order valence-electron chi connectivity index (χ1n) is 35.7. The molecule has 0 bridgehead atoms. The second-order valence-electron chi connectivity index (χ2n) is 24.5. The van der Waals surface area contributed by atoms with Crippen LogP contribution in [0.1, 0.15) is 412 Å². The van der Waals surface area contributed by atoms with Crippen LogP contribution in [-0.2, 0) is 28.6 Å². The van der Waals surface area contributed by atoms with Gasteiger partial charge in [-0.15, -0.1) is 0 Å². The molecule has 0 spiro atoms. The smallest absolute Gasteiger partial charge is 0.306 e. The summed E-state index contributed by atoms with van der Waals surface area (Å²) >= 11 is 0. The van der Waals surface area contributed by atoms with Gasteiger partial charge in [-0.2, -0.15) is 0 Å². The second-order valence-corrected chi connectivity index (χ2v) is 24.5. The summed E-state index contributed by atoms with van der Waals surface area (Å²) in [7, 11) is 0. The van der Waals surface area contributed by atoms with E-state index in [9.17, 15) is 14.4 Å². The molecule has 0 aromatic rings. The third-order valence-corrected chi connectivity index (χ3v) is 16.5. The Labute approximate surface area is 488 Å². The summed E-state index contributed by atoms with van der Waals surface area (Å²) in [6, 6.07) is 0. The molecule has 78 heavy (non-hydrogen) atoms. The molecule has 0 aliphatic heterocycles. The van der Waals surface area contributed by atoms with E-state index in [0.29, 0.717) is 19.3 Å². The molecule has 0 heterocycles. The van der Waals surface area contributed by atoms with E-state index in [1.165, 1.54) is 315 Å². The van der Waals surface area contributed by atoms with Crippen molar-refractivity contribution >= 4 is 17.9 Å². The highest BCUT2D eigenvalue weighted by Gasteiger charge is 2.19. The van der Waals surface area contributed by atoms with Gasteiger partial charge < -0.3 is 14.2 Å². The zero-order chi connectivity index (χ0) is 56.4. The number of hydrogen-bond donors (Lipinski definition) is 0. The van der Waals surface area contributed by atoms with Gasteiger partial charge in [0.2, 0.25) is 0 Å². The monoisotopic (exact) mass is 1100 g/mol. The van der Waals surface area contributed by atoms with E-state index in [-0.39, 0.29) is 31.1 Å². The van der Waals surface area contributed by atoms with Crippen molar-refractivity contribution in [2.45, 2.75) is 419 Å². The van der Waals surface area contributed by atoms with E-state index in [1.807, 2.05) is 0 Å². The highest BCUT2D eigenvalue weighted by Crippen LogP contribution is 2.19.